The molecule has 0 aliphatic carbocycles. The number of nitrogens with one attached hydrogen (secondary N) is 2. The van der Waals surface area contributed by atoms with E-state index in [0.717, 1.165) is 10.4 Å². The molecule has 24 heavy (non-hydrogen) atoms. The average Bonchev–Trinajstić information content (AvgIpc) is 3.12. The quantitative estimate of drug-likeness (QED) is 0.708. The van der Waals surface area contributed by atoms with Crippen molar-refractivity contribution in [1.29, 1.82) is 0 Å². The number of carbonyl (C=O) groups excluding carboxylic acids is 1. The Labute approximate surface area is 142 Å². The molecule has 0 bridgehead atoms. The molecular weight excluding hydrogens is 328 g/mol. The fourth-order valence-electron chi connectivity index (χ4n) is 2.50. The molecule has 8 heteroatoms. The number of rotatable bonds is 4. The minimum atomic E-state index is -0.670. The lowest BCUT2D eigenvalue weighted by Gasteiger charge is -2.12. The molecule has 1 atom stereocenters. The van der Waals surface area contributed by atoms with Crippen LogP contribution in [-0.2, 0) is 11.2 Å². The molecule has 0 spiro atoms. The third-order valence-electron chi connectivity index (χ3n) is 4.02. The van der Waals surface area contributed by atoms with Gasteiger partial charge in [0.05, 0.1) is 11.6 Å². The fourth-order valence-corrected chi connectivity index (χ4v) is 3.54. The van der Waals surface area contributed by atoms with Gasteiger partial charge in [0, 0.05) is 10.6 Å². The highest BCUT2D eigenvalue weighted by molar-refractivity contribution is 7.18. The molecule has 7 nitrogen and oxygen atoms in total. The van der Waals surface area contributed by atoms with Crippen LogP contribution in [0, 0.1) is 13.8 Å². The number of ether oxygens (including phenoxy) is 1. The van der Waals surface area contributed by atoms with Crippen LogP contribution in [0.25, 0.3) is 10.2 Å². The third-order valence-corrected chi connectivity index (χ3v) is 5.12. The maximum absolute atomic E-state index is 12.3. The summed E-state index contributed by atoms with van der Waals surface area (Å²) in [5, 5.41) is 7.23. The van der Waals surface area contributed by atoms with Crippen LogP contribution in [0.15, 0.2) is 11.0 Å². The first-order valence-corrected chi connectivity index (χ1v) is 8.47. The van der Waals surface area contributed by atoms with Gasteiger partial charge in [0.1, 0.15) is 10.4 Å². The predicted octanol–water partition coefficient (Wildman–Crippen LogP) is 2.80. The Morgan fingerprint density at radius 2 is 2.17 bits per heavy atom. The van der Waals surface area contributed by atoms with Crippen LogP contribution >= 0.6 is 11.3 Å². The maximum atomic E-state index is 12.3. The highest BCUT2D eigenvalue weighted by atomic mass is 32.1. The van der Waals surface area contributed by atoms with Crippen LogP contribution in [0.3, 0.4) is 0 Å². The largest absolute Gasteiger partial charge is 0.451 e. The van der Waals surface area contributed by atoms with Crippen molar-refractivity contribution in [3.8, 4) is 0 Å². The Hall–Kier alpha value is -2.48. The molecular formula is C16H18N4O3S. The summed E-state index contributed by atoms with van der Waals surface area (Å²) in [6, 6.07) is 0. The van der Waals surface area contributed by atoms with Gasteiger partial charge in [-0.1, -0.05) is 6.92 Å². The Morgan fingerprint density at radius 3 is 2.88 bits per heavy atom. The van der Waals surface area contributed by atoms with Gasteiger partial charge >= 0.3 is 5.97 Å². The molecule has 3 heterocycles. The maximum Gasteiger partial charge on any atom is 0.342 e. The molecule has 0 amide bonds. The van der Waals surface area contributed by atoms with Gasteiger partial charge in [-0.2, -0.15) is 5.10 Å². The number of aromatic nitrogens is 4. The van der Waals surface area contributed by atoms with E-state index in [-0.39, 0.29) is 5.56 Å². The number of carbonyl (C=O) groups is 1. The summed E-state index contributed by atoms with van der Waals surface area (Å²) in [6.45, 7) is 7.46. The molecule has 3 aromatic rings. The van der Waals surface area contributed by atoms with Crippen molar-refractivity contribution in [2.45, 2.75) is 40.2 Å². The molecule has 0 aromatic carbocycles. The zero-order valence-corrected chi connectivity index (χ0v) is 14.7. The zero-order chi connectivity index (χ0) is 17.4. The normalized spacial score (nSPS) is 12.5. The van der Waals surface area contributed by atoms with E-state index in [1.807, 2.05) is 20.8 Å². The van der Waals surface area contributed by atoms with Gasteiger partial charge in [0.2, 0.25) is 0 Å². The summed E-state index contributed by atoms with van der Waals surface area (Å²) in [7, 11) is 0. The van der Waals surface area contributed by atoms with Crippen LogP contribution < -0.4 is 5.56 Å². The van der Waals surface area contributed by atoms with Gasteiger partial charge in [-0.05, 0) is 32.8 Å². The van der Waals surface area contributed by atoms with Crippen LogP contribution in [0.1, 0.15) is 52.3 Å². The van der Waals surface area contributed by atoms with Crippen molar-refractivity contribution in [2.24, 2.45) is 0 Å². The third kappa shape index (κ3) is 2.73. The van der Waals surface area contributed by atoms with E-state index >= 15 is 0 Å². The first-order valence-electron chi connectivity index (χ1n) is 7.65. The molecule has 0 fully saturated rings. The number of nitrogens with zero attached hydrogens (tertiary/aromatic N) is 2. The monoisotopic (exact) mass is 346 g/mol. The van der Waals surface area contributed by atoms with Crippen molar-refractivity contribution < 1.29 is 9.53 Å². The second-order valence-corrected chi connectivity index (χ2v) is 6.78. The number of hydrogen-bond acceptors (Lipinski definition) is 6. The van der Waals surface area contributed by atoms with E-state index in [9.17, 15) is 9.59 Å². The highest BCUT2D eigenvalue weighted by Gasteiger charge is 2.21. The van der Waals surface area contributed by atoms with Gasteiger partial charge in [-0.25, -0.2) is 9.78 Å². The van der Waals surface area contributed by atoms with Crippen LogP contribution in [-0.4, -0.2) is 26.1 Å². The van der Waals surface area contributed by atoms with E-state index in [0.29, 0.717) is 33.7 Å². The lowest BCUT2D eigenvalue weighted by atomic mass is 10.2. The molecule has 126 valence electrons. The van der Waals surface area contributed by atoms with E-state index < -0.39 is 12.1 Å². The van der Waals surface area contributed by atoms with Gasteiger partial charge in [0.25, 0.3) is 5.56 Å². The minimum Gasteiger partial charge on any atom is -0.451 e. The van der Waals surface area contributed by atoms with E-state index in [1.165, 1.54) is 17.5 Å². The van der Waals surface area contributed by atoms with Gasteiger partial charge in [-0.15, -0.1) is 11.3 Å². The molecule has 0 saturated carbocycles. The van der Waals surface area contributed by atoms with Crippen molar-refractivity contribution in [2.75, 3.05) is 0 Å². The summed E-state index contributed by atoms with van der Waals surface area (Å²) in [5.41, 5.74) is 1.84. The van der Waals surface area contributed by atoms with Crippen molar-refractivity contribution in [3.63, 3.8) is 0 Å². The topological polar surface area (TPSA) is 101 Å². The van der Waals surface area contributed by atoms with Crippen LogP contribution in [0.5, 0.6) is 0 Å². The number of fused-ring (bicyclic) bond motifs is 1. The molecule has 0 aliphatic heterocycles. The summed E-state index contributed by atoms with van der Waals surface area (Å²) in [6.07, 6.45) is 1.42. The van der Waals surface area contributed by atoms with Crippen molar-refractivity contribution in [3.05, 3.63) is 44.1 Å². The molecule has 2 N–H and O–H groups in total. The number of H-pyrrole nitrogens is 2. The predicted molar refractivity (Wildman–Crippen MR) is 91.5 cm³/mol. The van der Waals surface area contributed by atoms with Gasteiger partial charge < -0.3 is 9.72 Å². The number of aryl methyl sites for hydroxylation is 3. The minimum absolute atomic E-state index is 0.211. The average molecular weight is 346 g/mol. The number of esters is 1. The number of aromatic amines is 2. The molecule has 0 saturated heterocycles. The Bertz CT molecular complexity index is 970. The summed E-state index contributed by atoms with van der Waals surface area (Å²) < 4.78 is 5.44. The standard InChI is InChI=1S/C16H18N4O3S/c1-5-11-10(6-17-20-11)16(22)23-8(3)13-18-14(21)12-7(2)9(4)24-15(12)19-13/h6,8H,5H2,1-4H3,(H,17,20)(H,18,19,21)/t8-/m0/s1. The van der Waals surface area contributed by atoms with Gasteiger partial charge in [0.15, 0.2) is 11.9 Å². The molecule has 3 aromatic heterocycles. The molecule has 0 radical (unpaired) electrons. The number of thiophene rings is 1. The zero-order valence-electron chi connectivity index (χ0n) is 13.9. The molecule has 3 rings (SSSR count). The highest BCUT2D eigenvalue weighted by Crippen LogP contribution is 2.27. The van der Waals surface area contributed by atoms with Crippen LogP contribution in [0.4, 0.5) is 0 Å². The molecule has 0 aliphatic rings. The lowest BCUT2D eigenvalue weighted by Crippen LogP contribution is -2.17. The fraction of sp³-hybridized carbons (Fsp3) is 0.375. The summed E-state index contributed by atoms with van der Waals surface area (Å²) >= 11 is 1.46. The Morgan fingerprint density at radius 1 is 1.42 bits per heavy atom. The van der Waals surface area contributed by atoms with Crippen molar-refractivity contribution in [1.82, 2.24) is 20.2 Å². The first-order chi connectivity index (χ1) is 11.4. The molecule has 0 unspecified atom stereocenters. The summed E-state index contributed by atoms with van der Waals surface area (Å²) in [4.78, 5) is 33.5. The second-order valence-electron chi connectivity index (χ2n) is 5.58. The van der Waals surface area contributed by atoms with Crippen molar-refractivity contribution >= 4 is 27.5 Å². The van der Waals surface area contributed by atoms with E-state index in [4.69, 9.17) is 4.74 Å². The van der Waals surface area contributed by atoms with Gasteiger partial charge in [-0.3, -0.25) is 9.89 Å². The smallest absolute Gasteiger partial charge is 0.342 e. The van der Waals surface area contributed by atoms with Crippen LogP contribution in [0.2, 0.25) is 0 Å². The Balaban J connectivity index is 1.90. The number of hydrogen-bond donors (Lipinski definition) is 2. The SMILES string of the molecule is CCc1[nH]ncc1C(=O)O[C@@H](C)c1nc2sc(C)c(C)c2c(=O)[nH]1. The summed E-state index contributed by atoms with van der Waals surface area (Å²) in [5.74, 6) is -0.155. The first kappa shape index (κ1) is 16.4. The lowest BCUT2D eigenvalue weighted by molar-refractivity contribution is 0.0319. The Kier molecular flexibility index (Phi) is 4.23. The second kappa shape index (κ2) is 6.20. The van der Waals surface area contributed by atoms with E-state index in [2.05, 4.69) is 20.2 Å². The van der Waals surface area contributed by atoms with E-state index in [1.54, 1.807) is 6.92 Å².